The fourth-order valence-electron chi connectivity index (χ4n) is 0.295. The Bertz CT molecular complexity index is 164. The topological polar surface area (TPSA) is 72.4 Å². The maximum atomic E-state index is 9.83. The molecule has 0 aliphatic carbocycles. The highest BCUT2D eigenvalue weighted by Crippen LogP contribution is 2.23. The van der Waals surface area contributed by atoms with Crippen LogP contribution in [0.1, 0.15) is 13.8 Å². The Morgan fingerprint density at radius 1 is 1.60 bits per heavy atom. The molecule has 0 unspecified atom stereocenters. The third-order valence-electron chi connectivity index (χ3n) is 0.724. The lowest BCUT2D eigenvalue weighted by Gasteiger charge is -2.27. The zero-order valence-electron chi connectivity index (χ0n) is 5.86. The monoisotopic (exact) mass is 164 g/mol. The van der Waals surface area contributed by atoms with Gasteiger partial charge in [-0.1, -0.05) is 11.6 Å². The minimum atomic E-state index is -4.77. The second-order valence-electron chi connectivity index (χ2n) is 2.02. The number of hydrogen-bond acceptors (Lipinski definition) is 4. The molecule has 0 bridgehead atoms. The fraction of sp³-hybridized carbons (Fsp3) is 0.600. The van der Waals surface area contributed by atoms with E-state index in [0.717, 1.165) is 5.57 Å². The molecular weight excluding hydrogens is 155 g/mol. The lowest BCUT2D eigenvalue weighted by atomic mass is 10.3. The lowest BCUT2D eigenvalue weighted by Crippen LogP contribution is -2.16. The van der Waals surface area contributed by atoms with Crippen molar-refractivity contribution in [3.63, 3.8) is 0 Å². The molecule has 0 atom stereocenters. The Hall–Kier alpha value is -0.150. The largest absolute Gasteiger partial charge is 0.790 e. The summed E-state index contributed by atoms with van der Waals surface area (Å²) in [5.74, 6) is 0. The van der Waals surface area contributed by atoms with Gasteiger partial charge in [0.05, 0.1) is 14.4 Å². The molecule has 0 N–H and O–H groups in total. The highest BCUT2D eigenvalue weighted by molar-refractivity contribution is 7.43. The van der Waals surface area contributed by atoms with Gasteiger partial charge >= 0.3 is 0 Å². The Morgan fingerprint density at radius 3 is 2.40 bits per heavy atom. The first-order chi connectivity index (χ1) is 4.42. The van der Waals surface area contributed by atoms with E-state index in [-0.39, 0.29) is 6.61 Å². The van der Waals surface area contributed by atoms with E-state index in [4.69, 9.17) is 0 Å². The SMILES string of the molecule is CC(C)=CCOP(=O)([O-])[O-]. The highest BCUT2D eigenvalue weighted by Gasteiger charge is 1.86. The molecule has 0 aromatic heterocycles. The third kappa shape index (κ3) is 7.85. The van der Waals surface area contributed by atoms with Crippen LogP contribution >= 0.6 is 7.82 Å². The van der Waals surface area contributed by atoms with Crippen LogP contribution < -0.4 is 9.79 Å². The van der Waals surface area contributed by atoms with Crippen LogP contribution in [-0.4, -0.2) is 6.61 Å². The molecule has 0 rings (SSSR count). The van der Waals surface area contributed by atoms with E-state index in [1.807, 2.05) is 0 Å². The van der Waals surface area contributed by atoms with Crippen molar-refractivity contribution in [2.24, 2.45) is 0 Å². The van der Waals surface area contributed by atoms with Crippen molar-refractivity contribution in [2.45, 2.75) is 13.8 Å². The quantitative estimate of drug-likeness (QED) is 0.427. The fourth-order valence-corrected chi connectivity index (χ4v) is 0.552. The maximum Gasteiger partial charge on any atom is 0.0702 e. The van der Waals surface area contributed by atoms with Crippen LogP contribution in [-0.2, 0) is 9.09 Å². The summed E-state index contributed by atoms with van der Waals surface area (Å²) >= 11 is 0. The first-order valence-corrected chi connectivity index (χ1v) is 4.18. The second-order valence-corrected chi connectivity index (χ2v) is 3.18. The van der Waals surface area contributed by atoms with Gasteiger partial charge in [-0.3, -0.25) is 0 Å². The van der Waals surface area contributed by atoms with Crippen LogP contribution in [0.25, 0.3) is 0 Å². The van der Waals surface area contributed by atoms with Gasteiger partial charge in [-0.15, -0.1) is 0 Å². The smallest absolute Gasteiger partial charge is 0.0702 e. The summed E-state index contributed by atoms with van der Waals surface area (Å²) in [5.41, 5.74) is 0.911. The average molecular weight is 164 g/mol. The predicted molar refractivity (Wildman–Crippen MR) is 33.0 cm³/mol. The van der Waals surface area contributed by atoms with E-state index in [1.54, 1.807) is 13.8 Å². The Labute approximate surface area is 59.8 Å². The van der Waals surface area contributed by atoms with E-state index in [0.29, 0.717) is 0 Å². The van der Waals surface area contributed by atoms with Gasteiger partial charge in [-0.2, -0.15) is 0 Å². The van der Waals surface area contributed by atoms with Gasteiger partial charge in [0.2, 0.25) is 0 Å². The van der Waals surface area contributed by atoms with E-state index < -0.39 is 7.82 Å². The molecule has 0 amide bonds. The van der Waals surface area contributed by atoms with Gasteiger partial charge < -0.3 is 18.9 Å². The average Bonchev–Trinajstić information content (AvgIpc) is 1.59. The summed E-state index contributed by atoms with van der Waals surface area (Å²) in [6.45, 7) is 3.40. The number of allylic oxidation sites excluding steroid dienone is 1. The molecule has 5 heteroatoms. The molecule has 0 saturated heterocycles. The molecule has 0 spiro atoms. The summed E-state index contributed by atoms with van der Waals surface area (Å²) in [6.07, 6.45) is 1.52. The van der Waals surface area contributed by atoms with E-state index in [9.17, 15) is 14.4 Å². The zero-order chi connectivity index (χ0) is 8.20. The Morgan fingerprint density at radius 2 is 2.10 bits per heavy atom. The Balaban J connectivity index is 3.58. The van der Waals surface area contributed by atoms with Crippen LogP contribution in [0.4, 0.5) is 0 Å². The van der Waals surface area contributed by atoms with E-state index >= 15 is 0 Å². The van der Waals surface area contributed by atoms with Gasteiger partial charge in [0, 0.05) is 0 Å². The van der Waals surface area contributed by atoms with Crippen molar-refractivity contribution < 1.29 is 18.9 Å². The van der Waals surface area contributed by atoms with Crippen molar-refractivity contribution in [3.8, 4) is 0 Å². The van der Waals surface area contributed by atoms with Crippen LogP contribution in [0.3, 0.4) is 0 Å². The molecule has 0 saturated carbocycles. The van der Waals surface area contributed by atoms with Crippen LogP contribution in [0.5, 0.6) is 0 Å². The van der Waals surface area contributed by atoms with Crippen molar-refractivity contribution in [2.75, 3.05) is 6.61 Å². The minimum absolute atomic E-state index is 0.160. The van der Waals surface area contributed by atoms with Gasteiger partial charge in [0.1, 0.15) is 0 Å². The van der Waals surface area contributed by atoms with Crippen LogP contribution in [0, 0.1) is 0 Å². The molecule has 0 fully saturated rings. The molecule has 10 heavy (non-hydrogen) atoms. The van der Waals surface area contributed by atoms with Crippen molar-refractivity contribution in [1.82, 2.24) is 0 Å². The molecule has 0 radical (unpaired) electrons. The van der Waals surface area contributed by atoms with Crippen molar-refractivity contribution in [3.05, 3.63) is 11.6 Å². The number of rotatable bonds is 3. The van der Waals surface area contributed by atoms with Gasteiger partial charge in [-0.25, -0.2) is 0 Å². The molecule has 0 heterocycles. The summed E-state index contributed by atoms with van der Waals surface area (Å²) in [5, 5.41) is 0. The summed E-state index contributed by atoms with van der Waals surface area (Å²) < 4.78 is 13.7. The predicted octanol–water partition coefficient (Wildman–Crippen LogP) is -0.202. The molecule has 0 aromatic carbocycles. The van der Waals surface area contributed by atoms with Gasteiger partial charge in [0.15, 0.2) is 0 Å². The number of phosphoric acid groups is 1. The molecule has 4 nitrogen and oxygen atoms in total. The van der Waals surface area contributed by atoms with Crippen LogP contribution in [0.2, 0.25) is 0 Å². The summed E-state index contributed by atoms with van der Waals surface area (Å²) in [7, 11) is -4.77. The van der Waals surface area contributed by atoms with Gasteiger partial charge in [-0.05, 0) is 13.8 Å². The molecule has 60 valence electrons. The van der Waals surface area contributed by atoms with E-state index in [1.165, 1.54) is 6.08 Å². The second kappa shape index (κ2) is 3.88. The zero-order valence-corrected chi connectivity index (χ0v) is 6.76. The maximum absolute atomic E-state index is 9.83. The summed E-state index contributed by atoms with van der Waals surface area (Å²) in [4.78, 5) is 19.7. The number of phosphoric ester groups is 1. The normalized spacial score (nSPS) is 11.2. The molecule has 0 aliphatic heterocycles. The molecule has 0 aromatic rings. The van der Waals surface area contributed by atoms with Crippen molar-refractivity contribution in [1.29, 1.82) is 0 Å². The number of hydrogen-bond donors (Lipinski definition) is 0. The summed E-state index contributed by atoms with van der Waals surface area (Å²) in [6, 6.07) is 0. The van der Waals surface area contributed by atoms with Crippen molar-refractivity contribution >= 4 is 7.82 Å². The minimum Gasteiger partial charge on any atom is -0.790 e. The first-order valence-electron chi connectivity index (χ1n) is 2.72. The standard InChI is InChI=1S/C5H11O4P/c1-5(2)3-4-9-10(6,7)8/h3H,4H2,1-2H3,(H2,6,7,8)/p-2. The third-order valence-corrected chi connectivity index (χ3v) is 1.19. The molecule has 0 aliphatic rings. The van der Waals surface area contributed by atoms with E-state index in [2.05, 4.69) is 4.52 Å². The molecular formula is C5H9O4P-2. The van der Waals surface area contributed by atoms with Crippen LogP contribution in [0.15, 0.2) is 11.6 Å². The lowest BCUT2D eigenvalue weighted by molar-refractivity contribution is -0.340. The Kier molecular flexibility index (Phi) is 3.83. The first kappa shape index (κ1) is 9.85. The van der Waals surface area contributed by atoms with Gasteiger partial charge in [0.25, 0.3) is 0 Å². The highest BCUT2D eigenvalue weighted by atomic mass is 31.2.